The number of nitrogens with one attached hydrogen (secondary N) is 1. The van der Waals surface area contributed by atoms with Crippen molar-refractivity contribution in [1.29, 1.82) is 0 Å². The van der Waals surface area contributed by atoms with Gasteiger partial charge in [-0.2, -0.15) is 8.78 Å². The van der Waals surface area contributed by atoms with Crippen molar-refractivity contribution < 1.29 is 13.5 Å². The largest absolute Gasteiger partial charge is 0.435 e. The monoisotopic (exact) mass is 310 g/mol. The molecule has 1 aromatic carbocycles. The number of alkyl halides is 2. The summed E-state index contributed by atoms with van der Waals surface area (Å²) < 4.78 is 28.4. The Balaban J connectivity index is 2.16. The van der Waals surface area contributed by atoms with Gasteiger partial charge >= 0.3 is 6.61 Å². The molecule has 1 aromatic heterocycles. The number of nitrogens with two attached hydrogens (primary N) is 1. The molecule has 0 bridgehead atoms. The van der Waals surface area contributed by atoms with E-state index in [1.807, 2.05) is 0 Å². The van der Waals surface area contributed by atoms with Gasteiger partial charge in [0.05, 0.1) is 0 Å². The van der Waals surface area contributed by atoms with Gasteiger partial charge in [0.15, 0.2) is 0 Å². The fourth-order valence-corrected chi connectivity index (χ4v) is 1.70. The smallest absolute Gasteiger partial charge is 0.387 e. The van der Waals surface area contributed by atoms with Crippen molar-refractivity contribution in [2.24, 2.45) is 5.73 Å². The lowest BCUT2D eigenvalue weighted by Crippen LogP contribution is -2.13. The minimum absolute atomic E-state index is 0.0736. The molecule has 0 atom stereocenters. The van der Waals surface area contributed by atoms with Crippen LogP contribution in [0.1, 0.15) is 11.4 Å². The van der Waals surface area contributed by atoms with Crippen LogP contribution in [-0.4, -0.2) is 21.6 Å². The lowest BCUT2D eigenvalue weighted by atomic mass is 10.3. The molecule has 0 aliphatic rings. The molecule has 1 heterocycles. The van der Waals surface area contributed by atoms with Crippen molar-refractivity contribution in [3.63, 3.8) is 0 Å². The second-order valence-electron chi connectivity index (χ2n) is 4.11. The van der Waals surface area contributed by atoms with Gasteiger partial charge in [-0.15, -0.1) is 0 Å². The Labute approximate surface area is 125 Å². The number of aromatic nitrogens is 2. The van der Waals surface area contributed by atoms with Crippen molar-refractivity contribution in [2.45, 2.75) is 13.5 Å². The Morgan fingerprint density at radius 1 is 1.29 bits per heavy atom. The summed E-state index contributed by atoms with van der Waals surface area (Å²) in [5.74, 6) is 0.393. The molecule has 0 spiro atoms. The molecular formula is C13H12F2N4OS. The molecule has 21 heavy (non-hydrogen) atoms. The number of aryl methyl sites for hydroxylation is 1. The van der Waals surface area contributed by atoms with E-state index in [0.717, 1.165) is 0 Å². The minimum atomic E-state index is -2.85. The van der Waals surface area contributed by atoms with Gasteiger partial charge < -0.3 is 15.8 Å². The molecule has 2 aromatic rings. The van der Waals surface area contributed by atoms with E-state index in [2.05, 4.69) is 20.0 Å². The van der Waals surface area contributed by atoms with Gasteiger partial charge in [-0.1, -0.05) is 12.2 Å². The first-order valence-corrected chi connectivity index (χ1v) is 6.32. The van der Waals surface area contributed by atoms with E-state index in [4.69, 9.17) is 18.0 Å². The van der Waals surface area contributed by atoms with Crippen LogP contribution in [0.2, 0.25) is 0 Å². The molecule has 0 aliphatic carbocycles. The van der Waals surface area contributed by atoms with Crippen LogP contribution < -0.4 is 15.8 Å². The Hall–Kier alpha value is -2.35. The van der Waals surface area contributed by atoms with Crippen LogP contribution >= 0.6 is 12.2 Å². The van der Waals surface area contributed by atoms with Gasteiger partial charge in [-0.25, -0.2) is 9.97 Å². The van der Waals surface area contributed by atoms with Crippen molar-refractivity contribution in [3.8, 4) is 5.75 Å². The van der Waals surface area contributed by atoms with E-state index in [-0.39, 0.29) is 10.7 Å². The summed E-state index contributed by atoms with van der Waals surface area (Å²) in [5, 5.41) is 2.94. The second-order valence-corrected chi connectivity index (χ2v) is 4.55. The molecule has 0 aliphatic heterocycles. The van der Waals surface area contributed by atoms with Crippen molar-refractivity contribution in [2.75, 3.05) is 5.32 Å². The average Bonchev–Trinajstić information content (AvgIpc) is 2.39. The molecule has 3 N–H and O–H groups in total. The zero-order valence-corrected chi connectivity index (χ0v) is 11.8. The SMILES string of the molecule is Cc1cc(C(N)=S)nc(Nc2ccc(OC(F)F)cc2)n1. The van der Waals surface area contributed by atoms with Crippen LogP contribution in [0.3, 0.4) is 0 Å². The summed E-state index contributed by atoms with van der Waals surface area (Å²) >= 11 is 4.88. The van der Waals surface area contributed by atoms with E-state index < -0.39 is 6.61 Å². The Kier molecular flexibility index (Phi) is 4.59. The zero-order valence-electron chi connectivity index (χ0n) is 11.0. The van der Waals surface area contributed by atoms with Crippen LogP contribution in [0.25, 0.3) is 0 Å². The maximum absolute atomic E-state index is 12.1. The normalized spacial score (nSPS) is 10.5. The highest BCUT2D eigenvalue weighted by Gasteiger charge is 2.06. The highest BCUT2D eigenvalue weighted by molar-refractivity contribution is 7.80. The third-order valence-corrected chi connectivity index (χ3v) is 2.65. The first-order valence-electron chi connectivity index (χ1n) is 5.91. The van der Waals surface area contributed by atoms with Gasteiger partial charge in [0.2, 0.25) is 5.95 Å². The van der Waals surface area contributed by atoms with Crippen LogP contribution in [0, 0.1) is 6.92 Å². The molecule has 0 fully saturated rings. The van der Waals surface area contributed by atoms with Crippen molar-refractivity contribution in [3.05, 3.63) is 41.7 Å². The highest BCUT2D eigenvalue weighted by Crippen LogP contribution is 2.20. The predicted octanol–water partition coefficient (Wildman–Crippen LogP) is 2.76. The molecule has 0 unspecified atom stereocenters. The number of hydrogen-bond donors (Lipinski definition) is 2. The third-order valence-electron chi connectivity index (χ3n) is 2.44. The molecule has 0 saturated heterocycles. The number of nitrogens with zero attached hydrogens (tertiary/aromatic N) is 2. The maximum atomic E-state index is 12.1. The first-order chi connectivity index (χ1) is 9.94. The topological polar surface area (TPSA) is 73.1 Å². The summed E-state index contributed by atoms with van der Waals surface area (Å²) in [4.78, 5) is 8.52. The number of ether oxygens (including phenoxy) is 1. The Morgan fingerprint density at radius 3 is 2.52 bits per heavy atom. The molecule has 8 heteroatoms. The Morgan fingerprint density at radius 2 is 1.95 bits per heavy atom. The molecule has 0 amide bonds. The number of halogens is 2. The lowest BCUT2D eigenvalue weighted by molar-refractivity contribution is -0.0498. The van der Waals surface area contributed by atoms with Crippen LogP contribution in [0.15, 0.2) is 30.3 Å². The van der Waals surface area contributed by atoms with Gasteiger partial charge in [-0.3, -0.25) is 0 Å². The van der Waals surface area contributed by atoms with Gasteiger partial charge in [0.25, 0.3) is 0 Å². The number of thiocarbonyl (C=S) groups is 1. The number of rotatable bonds is 5. The van der Waals surface area contributed by atoms with Crippen LogP contribution in [0.4, 0.5) is 20.4 Å². The van der Waals surface area contributed by atoms with Crippen molar-refractivity contribution >= 4 is 28.8 Å². The fourth-order valence-electron chi connectivity index (χ4n) is 1.60. The summed E-state index contributed by atoms with van der Waals surface area (Å²) in [6, 6.07) is 7.65. The fraction of sp³-hybridized carbons (Fsp3) is 0.154. The molecule has 0 saturated carbocycles. The zero-order chi connectivity index (χ0) is 15.4. The predicted molar refractivity (Wildman–Crippen MR) is 79.0 cm³/mol. The van der Waals surface area contributed by atoms with Crippen LogP contribution in [0.5, 0.6) is 5.75 Å². The molecule has 2 rings (SSSR count). The lowest BCUT2D eigenvalue weighted by Gasteiger charge is -2.09. The summed E-state index contributed by atoms with van der Waals surface area (Å²) in [6.07, 6.45) is 0. The average molecular weight is 310 g/mol. The Bertz CT molecular complexity index is 649. The molecule has 110 valence electrons. The standard InChI is InChI=1S/C13H12F2N4OS/c1-7-6-10(11(16)21)19-13(17-7)18-8-2-4-9(5-3-8)20-12(14)15/h2-6,12H,1H3,(H2,16,21)(H,17,18,19). The summed E-state index contributed by atoms with van der Waals surface area (Å²) in [5.41, 5.74) is 7.32. The summed E-state index contributed by atoms with van der Waals surface area (Å²) in [6.45, 7) is -1.06. The van der Waals surface area contributed by atoms with Crippen molar-refractivity contribution in [1.82, 2.24) is 9.97 Å². The van der Waals surface area contributed by atoms with E-state index in [9.17, 15) is 8.78 Å². The van der Waals surface area contributed by atoms with Crippen LogP contribution in [-0.2, 0) is 0 Å². The van der Waals surface area contributed by atoms with E-state index in [1.165, 1.54) is 12.1 Å². The molecule has 0 radical (unpaired) electrons. The molecular weight excluding hydrogens is 298 g/mol. The quantitative estimate of drug-likeness (QED) is 0.827. The summed E-state index contributed by atoms with van der Waals surface area (Å²) in [7, 11) is 0. The van der Waals surface area contributed by atoms with Gasteiger partial charge in [-0.05, 0) is 37.3 Å². The highest BCUT2D eigenvalue weighted by atomic mass is 32.1. The second kappa shape index (κ2) is 6.40. The molecule has 5 nitrogen and oxygen atoms in total. The number of benzene rings is 1. The number of hydrogen-bond acceptors (Lipinski definition) is 5. The van der Waals surface area contributed by atoms with Gasteiger partial charge in [0.1, 0.15) is 16.4 Å². The third kappa shape index (κ3) is 4.32. The minimum Gasteiger partial charge on any atom is -0.435 e. The van der Waals surface area contributed by atoms with Gasteiger partial charge in [0, 0.05) is 11.4 Å². The van der Waals surface area contributed by atoms with E-state index in [1.54, 1.807) is 25.1 Å². The first kappa shape index (κ1) is 15.0. The number of anilines is 2. The maximum Gasteiger partial charge on any atom is 0.387 e. The van der Waals surface area contributed by atoms with E-state index >= 15 is 0 Å². The van der Waals surface area contributed by atoms with E-state index in [0.29, 0.717) is 23.0 Å².